The molecule has 0 aromatic heterocycles. The first-order valence-electron chi connectivity index (χ1n) is 15.0. The summed E-state index contributed by atoms with van der Waals surface area (Å²) in [4.78, 5) is 68.0. The van der Waals surface area contributed by atoms with E-state index in [0.717, 1.165) is 11.1 Å². The second-order valence-corrected chi connectivity index (χ2v) is 11.3. The van der Waals surface area contributed by atoms with Crippen LogP contribution < -0.4 is 0 Å². The van der Waals surface area contributed by atoms with E-state index in [2.05, 4.69) is 0 Å². The van der Waals surface area contributed by atoms with E-state index >= 15 is 0 Å². The average Bonchev–Trinajstić information content (AvgIpc) is 3.01. The number of nitro groups is 1. The smallest absolute Gasteiger partial charge is 0.317 e. The minimum atomic E-state index is -1.59. The highest BCUT2D eigenvalue weighted by atomic mass is 16.6. The summed E-state index contributed by atoms with van der Waals surface area (Å²) < 4.78 is 11.1. The topological polar surface area (TPSA) is 136 Å². The predicted octanol–water partition coefficient (Wildman–Crippen LogP) is 4.44. The van der Waals surface area contributed by atoms with Gasteiger partial charge in [0.05, 0.1) is 4.92 Å². The van der Waals surface area contributed by atoms with Crippen LogP contribution in [0.1, 0.15) is 36.5 Å². The largest absolute Gasteiger partial charge is 0.464 e. The zero-order valence-corrected chi connectivity index (χ0v) is 26.7. The van der Waals surface area contributed by atoms with Crippen LogP contribution in [-0.2, 0) is 41.7 Å². The standard InChI is InChI=1S/C35H41N3O8/c1-25(39)31(34(41)45-20-18-36(3)23-27-12-7-5-8-13-27)33(29-16-11-17-30(22-29)38(43)44)32(26(2)40)35(42)46-21-19-37(4)24-28-14-9-6-10-15-28/h5-17,22,31-33H,18-21,23-24H2,1-4H3. The van der Waals surface area contributed by atoms with Crippen LogP contribution in [-0.4, -0.2) is 78.6 Å². The Hall–Kier alpha value is -4.74. The number of ketones is 2. The summed E-state index contributed by atoms with van der Waals surface area (Å²) in [6, 6.07) is 24.7. The summed E-state index contributed by atoms with van der Waals surface area (Å²) in [5, 5.41) is 11.6. The minimum absolute atomic E-state index is 0.0590. The molecule has 0 N–H and O–H groups in total. The molecule has 3 aromatic carbocycles. The third-order valence-electron chi connectivity index (χ3n) is 7.59. The molecule has 0 radical (unpaired) electrons. The maximum absolute atomic E-state index is 13.5. The second kappa shape index (κ2) is 17.7. The number of esters is 2. The monoisotopic (exact) mass is 631 g/mol. The molecule has 11 heteroatoms. The molecular formula is C35H41N3O8. The van der Waals surface area contributed by atoms with E-state index in [-0.39, 0.29) is 24.5 Å². The Morgan fingerprint density at radius 3 is 1.52 bits per heavy atom. The number of carbonyl (C=O) groups is 4. The summed E-state index contributed by atoms with van der Waals surface area (Å²) >= 11 is 0. The van der Waals surface area contributed by atoms with E-state index in [1.807, 2.05) is 84.6 Å². The maximum Gasteiger partial charge on any atom is 0.317 e. The van der Waals surface area contributed by atoms with E-state index in [1.54, 1.807) is 0 Å². The van der Waals surface area contributed by atoms with Crippen LogP contribution in [0.3, 0.4) is 0 Å². The third-order valence-corrected chi connectivity index (χ3v) is 7.59. The van der Waals surface area contributed by atoms with Crippen LogP contribution in [0.2, 0.25) is 0 Å². The zero-order chi connectivity index (χ0) is 33.6. The number of rotatable bonds is 18. The summed E-state index contributed by atoms with van der Waals surface area (Å²) in [5.41, 5.74) is 1.92. The first-order valence-corrected chi connectivity index (χ1v) is 15.0. The van der Waals surface area contributed by atoms with Crippen molar-refractivity contribution in [3.63, 3.8) is 0 Å². The minimum Gasteiger partial charge on any atom is -0.464 e. The van der Waals surface area contributed by atoms with Gasteiger partial charge in [-0.15, -0.1) is 0 Å². The lowest BCUT2D eigenvalue weighted by molar-refractivity contribution is -0.385. The molecule has 0 aliphatic heterocycles. The molecule has 0 saturated heterocycles. The van der Waals surface area contributed by atoms with Gasteiger partial charge >= 0.3 is 11.9 Å². The van der Waals surface area contributed by atoms with Gasteiger partial charge in [-0.2, -0.15) is 0 Å². The van der Waals surface area contributed by atoms with Gasteiger partial charge in [0.15, 0.2) is 0 Å². The van der Waals surface area contributed by atoms with Crippen molar-refractivity contribution in [3.8, 4) is 0 Å². The highest BCUT2D eigenvalue weighted by Gasteiger charge is 2.46. The highest BCUT2D eigenvalue weighted by molar-refractivity contribution is 6.04. The number of nitrogens with zero attached hydrogens (tertiary/aromatic N) is 3. The molecule has 0 saturated carbocycles. The number of Topliss-reactive ketones (excluding diaryl/α,β-unsaturated/α-hetero) is 2. The molecule has 2 unspecified atom stereocenters. The van der Waals surface area contributed by atoms with Crippen LogP contribution in [0, 0.1) is 22.0 Å². The van der Waals surface area contributed by atoms with Gasteiger partial charge in [-0.1, -0.05) is 72.8 Å². The quantitative estimate of drug-likeness (QED) is 0.0858. The van der Waals surface area contributed by atoms with Crippen molar-refractivity contribution in [3.05, 3.63) is 112 Å². The fourth-order valence-corrected chi connectivity index (χ4v) is 5.29. The Labute approximate surface area is 269 Å². The fourth-order valence-electron chi connectivity index (χ4n) is 5.29. The fraction of sp³-hybridized carbons (Fsp3) is 0.371. The number of carbonyl (C=O) groups excluding carboxylic acids is 4. The van der Waals surface area contributed by atoms with Gasteiger partial charge in [0, 0.05) is 44.2 Å². The summed E-state index contributed by atoms with van der Waals surface area (Å²) in [6.45, 7) is 4.11. The van der Waals surface area contributed by atoms with Crippen LogP contribution >= 0.6 is 0 Å². The van der Waals surface area contributed by atoms with E-state index in [4.69, 9.17) is 9.47 Å². The first-order chi connectivity index (χ1) is 22.0. The Bertz CT molecular complexity index is 1400. The molecule has 244 valence electrons. The van der Waals surface area contributed by atoms with Crippen molar-refractivity contribution in [2.75, 3.05) is 40.4 Å². The molecule has 3 rings (SSSR count). The van der Waals surface area contributed by atoms with Gasteiger partial charge in [-0.25, -0.2) is 0 Å². The van der Waals surface area contributed by atoms with Crippen molar-refractivity contribution < 1.29 is 33.6 Å². The Morgan fingerprint density at radius 2 is 1.13 bits per heavy atom. The van der Waals surface area contributed by atoms with Crippen LogP contribution in [0.5, 0.6) is 0 Å². The van der Waals surface area contributed by atoms with Crippen molar-refractivity contribution in [1.29, 1.82) is 0 Å². The molecule has 11 nitrogen and oxygen atoms in total. The van der Waals surface area contributed by atoms with E-state index in [0.29, 0.717) is 26.2 Å². The molecule has 46 heavy (non-hydrogen) atoms. The lowest BCUT2D eigenvalue weighted by atomic mass is 9.73. The van der Waals surface area contributed by atoms with Gasteiger partial charge in [0.1, 0.15) is 36.6 Å². The molecule has 0 heterocycles. The number of likely N-dealkylation sites (N-methyl/N-ethyl adjacent to an activating group) is 2. The maximum atomic E-state index is 13.5. The lowest BCUT2D eigenvalue weighted by Crippen LogP contribution is -2.41. The van der Waals surface area contributed by atoms with Crippen LogP contribution in [0.15, 0.2) is 84.9 Å². The molecule has 0 spiro atoms. The number of hydrogen-bond donors (Lipinski definition) is 0. The van der Waals surface area contributed by atoms with Crippen molar-refractivity contribution in [2.45, 2.75) is 32.9 Å². The SMILES string of the molecule is CC(=O)C(C(=O)OCCN(C)Cc1ccccc1)C(c1cccc([N+](=O)[O-])c1)C(C(C)=O)C(=O)OCCN(C)Cc1ccccc1. The van der Waals surface area contributed by atoms with Gasteiger partial charge < -0.3 is 9.47 Å². The van der Waals surface area contributed by atoms with Crippen LogP contribution in [0.25, 0.3) is 0 Å². The number of benzene rings is 3. The van der Waals surface area contributed by atoms with Crippen molar-refractivity contribution in [1.82, 2.24) is 9.80 Å². The number of ether oxygens (including phenoxy) is 2. The Kier molecular flexibility index (Phi) is 13.7. The number of hydrogen-bond acceptors (Lipinski definition) is 10. The molecule has 0 bridgehead atoms. The van der Waals surface area contributed by atoms with E-state index < -0.39 is 46.2 Å². The molecule has 0 aliphatic rings. The molecular weight excluding hydrogens is 590 g/mol. The first kappa shape index (κ1) is 35.7. The summed E-state index contributed by atoms with van der Waals surface area (Å²) in [7, 11) is 3.71. The van der Waals surface area contributed by atoms with Gasteiger partial charge in [0.25, 0.3) is 5.69 Å². The van der Waals surface area contributed by atoms with Crippen LogP contribution in [0.4, 0.5) is 5.69 Å². The predicted molar refractivity (Wildman–Crippen MR) is 172 cm³/mol. The normalized spacial score (nSPS) is 13.1. The van der Waals surface area contributed by atoms with E-state index in [1.165, 1.54) is 38.1 Å². The highest BCUT2D eigenvalue weighted by Crippen LogP contribution is 2.37. The van der Waals surface area contributed by atoms with Crippen molar-refractivity contribution in [2.24, 2.45) is 11.8 Å². The summed E-state index contributed by atoms with van der Waals surface area (Å²) in [5.74, 6) is -7.75. The Balaban J connectivity index is 1.81. The number of non-ortho nitro benzene ring substituents is 1. The second-order valence-electron chi connectivity index (χ2n) is 11.3. The average molecular weight is 632 g/mol. The Morgan fingerprint density at radius 1 is 0.696 bits per heavy atom. The molecule has 0 aliphatic carbocycles. The zero-order valence-electron chi connectivity index (χ0n) is 26.7. The molecule has 0 fully saturated rings. The number of nitro benzene ring substituents is 1. The van der Waals surface area contributed by atoms with Gasteiger partial charge in [-0.05, 0) is 44.6 Å². The van der Waals surface area contributed by atoms with Gasteiger partial charge in [0.2, 0.25) is 0 Å². The molecule has 0 amide bonds. The van der Waals surface area contributed by atoms with E-state index in [9.17, 15) is 29.3 Å². The van der Waals surface area contributed by atoms with Gasteiger partial charge in [-0.3, -0.25) is 39.1 Å². The third kappa shape index (κ3) is 10.7. The molecule has 2 atom stereocenters. The molecule has 3 aromatic rings. The lowest BCUT2D eigenvalue weighted by Gasteiger charge is -2.29. The summed E-state index contributed by atoms with van der Waals surface area (Å²) in [6.07, 6.45) is 0. The van der Waals surface area contributed by atoms with Crippen molar-refractivity contribution >= 4 is 29.2 Å².